The number of carbonyl (C=O) groups excluding carboxylic acids is 1. The van der Waals surface area contributed by atoms with E-state index in [-0.39, 0.29) is 17.9 Å². The van der Waals surface area contributed by atoms with Crippen molar-refractivity contribution in [3.63, 3.8) is 0 Å². The van der Waals surface area contributed by atoms with Gasteiger partial charge in [0.05, 0.1) is 5.69 Å². The zero-order valence-corrected chi connectivity index (χ0v) is 12.1. The average molecular weight is 283 g/mol. The van der Waals surface area contributed by atoms with Gasteiger partial charge < -0.3 is 5.32 Å². The number of benzene rings is 1. The second kappa shape index (κ2) is 4.86. The Bertz CT molecular complexity index is 516. The number of halogens is 1. The normalized spacial score (nSPS) is 19.6. The van der Waals surface area contributed by atoms with E-state index in [4.69, 9.17) is 23.8 Å². The van der Waals surface area contributed by atoms with Crippen molar-refractivity contribution in [3.05, 3.63) is 28.8 Å². The summed E-state index contributed by atoms with van der Waals surface area (Å²) >= 11 is 11.2. The lowest BCUT2D eigenvalue weighted by atomic mass is 10.0. The largest absolute Gasteiger partial charge is 0.350 e. The topological polar surface area (TPSA) is 32.3 Å². The minimum absolute atomic E-state index is 0.0135. The van der Waals surface area contributed by atoms with E-state index in [1.165, 1.54) is 0 Å². The lowest BCUT2D eigenvalue weighted by molar-refractivity contribution is -0.119. The summed E-state index contributed by atoms with van der Waals surface area (Å²) in [5, 5.41) is 4.11. The van der Waals surface area contributed by atoms with E-state index in [9.17, 15) is 4.79 Å². The first-order valence-electron chi connectivity index (χ1n) is 5.82. The molecule has 1 aliphatic heterocycles. The molecule has 1 saturated heterocycles. The van der Waals surface area contributed by atoms with E-state index in [0.29, 0.717) is 10.1 Å². The average Bonchev–Trinajstić information content (AvgIpc) is 2.58. The minimum Gasteiger partial charge on any atom is -0.350 e. The number of nitrogens with zero attached hydrogens (tertiary/aromatic N) is 1. The Kier molecular flexibility index (Phi) is 3.59. The SMILES string of the molecule is Cc1ccc(Cl)cc1N1C(=O)C(C(C)C)NC1=S. The quantitative estimate of drug-likeness (QED) is 0.847. The van der Waals surface area contributed by atoms with Crippen molar-refractivity contribution in [2.45, 2.75) is 26.8 Å². The van der Waals surface area contributed by atoms with Gasteiger partial charge in [0.15, 0.2) is 5.11 Å². The van der Waals surface area contributed by atoms with E-state index in [1.54, 1.807) is 17.0 Å². The number of hydrogen-bond donors (Lipinski definition) is 1. The number of amides is 1. The zero-order chi connectivity index (χ0) is 13.4. The third-order valence-corrected chi connectivity index (χ3v) is 3.58. The van der Waals surface area contributed by atoms with Crippen LogP contribution in [-0.2, 0) is 4.79 Å². The van der Waals surface area contributed by atoms with Crippen LogP contribution in [0.15, 0.2) is 18.2 Å². The lowest BCUT2D eigenvalue weighted by Gasteiger charge is -2.18. The van der Waals surface area contributed by atoms with Crippen molar-refractivity contribution in [1.82, 2.24) is 5.32 Å². The number of nitrogens with one attached hydrogen (secondary N) is 1. The van der Waals surface area contributed by atoms with Gasteiger partial charge in [-0.2, -0.15) is 0 Å². The van der Waals surface area contributed by atoms with Gasteiger partial charge in [-0.05, 0) is 42.8 Å². The molecule has 1 atom stereocenters. The fraction of sp³-hybridized carbons (Fsp3) is 0.385. The Labute approximate surface area is 117 Å². The maximum atomic E-state index is 12.4. The van der Waals surface area contributed by atoms with Crippen LogP contribution in [0.25, 0.3) is 0 Å². The number of hydrogen-bond acceptors (Lipinski definition) is 2. The fourth-order valence-electron chi connectivity index (χ4n) is 2.00. The van der Waals surface area contributed by atoms with Crippen LogP contribution in [0.3, 0.4) is 0 Å². The number of aryl methyl sites for hydroxylation is 1. The van der Waals surface area contributed by atoms with Gasteiger partial charge in [-0.15, -0.1) is 0 Å². The number of rotatable bonds is 2. The second-order valence-corrected chi connectivity index (χ2v) is 5.60. The maximum Gasteiger partial charge on any atom is 0.256 e. The Morgan fingerprint density at radius 1 is 1.44 bits per heavy atom. The van der Waals surface area contributed by atoms with E-state index in [1.807, 2.05) is 26.8 Å². The molecule has 1 aliphatic rings. The summed E-state index contributed by atoms with van der Waals surface area (Å²) in [7, 11) is 0. The molecule has 3 nitrogen and oxygen atoms in total. The molecule has 0 aromatic heterocycles. The standard InChI is InChI=1S/C13H15ClN2OS/c1-7(2)11-12(17)16(13(18)15-11)10-6-9(14)5-4-8(10)3/h4-7,11H,1-3H3,(H,15,18). The van der Waals surface area contributed by atoms with Gasteiger partial charge in [-0.25, -0.2) is 0 Å². The van der Waals surface area contributed by atoms with E-state index < -0.39 is 0 Å². The van der Waals surface area contributed by atoms with Crippen LogP contribution >= 0.6 is 23.8 Å². The first-order valence-corrected chi connectivity index (χ1v) is 6.61. The number of anilines is 1. The van der Waals surface area contributed by atoms with Crippen LogP contribution < -0.4 is 10.2 Å². The molecule has 1 aromatic carbocycles. The van der Waals surface area contributed by atoms with Crippen molar-refractivity contribution < 1.29 is 4.79 Å². The molecular weight excluding hydrogens is 268 g/mol. The summed E-state index contributed by atoms with van der Waals surface area (Å²) < 4.78 is 0. The molecule has 18 heavy (non-hydrogen) atoms. The van der Waals surface area contributed by atoms with Crippen LogP contribution in [0, 0.1) is 12.8 Å². The summed E-state index contributed by atoms with van der Waals surface area (Å²) in [6, 6.07) is 5.20. The highest BCUT2D eigenvalue weighted by Gasteiger charge is 2.38. The summed E-state index contributed by atoms with van der Waals surface area (Å²) in [4.78, 5) is 13.9. The summed E-state index contributed by atoms with van der Waals surface area (Å²) in [6.45, 7) is 5.92. The van der Waals surface area contributed by atoms with Gasteiger partial charge in [0.2, 0.25) is 0 Å². The highest BCUT2D eigenvalue weighted by Crippen LogP contribution is 2.28. The third-order valence-electron chi connectivity index (χ3n) is 3.05. The molecule has 5 heteroatoms. The Hall–Kier alpha value is -1.13. The van der Waals surface area contributed by atoms with Crippen LogP contribution in [0.1, 0.15) is 19.4 Å². The molecule has 0 aliphatic carbocycles. The molecule has 1 unspecified atom stereocenters. The predicted molar refractivity (Wildman–Crippen MR) is 78.0 cm³/mol. The summed E-state index contributed by atoms with van der Waals surface area (Å²) in [5.74, 6) is 0.181. The predicted octanol–water partition coefficient (Wildman–Crippen LogP) is 2.89. The van der Waals surface area contributed by atoms with Crippen LogP contribution in [0.5, 0.6) is 0 Å². The third kappa shape index (κ3) is 2.22. The van der Waals surface area contributed by atoms with Gasteiger partial charge in [0, 0.05) is 5.02 Å². The van der Waals surface area contributed by atoms with Gasteiger partial charge in [0.1, 0.15) is 6.04 Å². The number of thiocarbonyl (C=S) groups is 1. The smallest absolute Gasteiger partial charge is 0.256 e. The van der Waals surface area contributed by atoms with Crippen LogP contribution in [-0.4, -0.2) is 17.1 Å². The first-order chi connectivity index (χ1) is 8.41. The zero-order valence-electron chi connectivity index (χ0n) is 10.5. The van der Waals surface area contributed by atoms with Crippen molar-refractivity contribution in [1.29, 1.82) is 0 Å². The lowest BCUT2D eigenvalue weighted by Crippen LogP contribution is -2.34. The molecule has 0 bridgehead atoms. The molecule has 1 fully saturated rings. The van der Waals surface area contributed by atoms with Crippen molar-refractivity contribution in [2.24, 2.45) is 5.92 Å². The van der Waals surface area contributed by atoms with Crippen LogP contribution in [0.2, 0.25) is 5.02 Å². The molecule has 1 amide bonds. The van der Waals surface area contributed by atoms with E-state index in [0.717, 1.165) is 11.3 Å². The molecule has 1 N–H and O–H groups in total. The van der Waals surface area contributed by atoms with Crippen LogP contribution in [0.4, 0.5) is 5.69 Å². The monoisotopic (exact) mass is 282 g/mol. The molecule has 1 aromatic rings. The molecule has 0 spiro atoms. The van der Waals surface area contributed by atoms with E-state index in [2.05, 4.69) is 5.32 Å². The maximum absolute atomic E-state index is 12.4. The molecule has 96 valence electrons. The van der Waals surface area contributed by atoms with Gasteiger partial charge in [-0.1, -0.05) is 31.5 Å². The highest BCUT2D eigenvalue weighted by atomic mass is 35.5. The molecule has 2 rings (SSSR count). The van der Waals surface area contributed by atoms with E-state index >= 15 is 0 Å². The Morgan fingerprint density at radius 2 is 2.11 bits per heavy atom. The summed E-state index contributed by atoms with van der Waals surface area (Å²) in [5.41, 5.74) is 1.73. The fourth-order valence-corrected chi connectivity index (χ4v) is 2.48. The van der Waals surface area contributed by atoms with Gasteiger partial charge in [-0.3, -0.25) is 9.69 Å². The Balaban J connectivity index is 2.42. The molecule has 0 radical (unpaired) electrons. The highest BCUT2D eigenvalue weighted by molar-refractivity contribution is 7.80. The summed E-state index contributed by atoms with van der Waals surface area (Å²) in [6.07, 6.45) is 0. The van der Waals surface area contributed by atoms with Crippen molar-refractivity contribution in [2.75, 3.05) is 4.90 Å². The first kappa shape index (κ1) is 13.3. The molecular formula is C13H15ClN2OS. The van der Waals surface area contributed by atoms with Crippen molar-refractivity contribution in [3.8, 4) is 0 Å². The second-order valence-electron chi connectivity index (χ2n) is 4.78. The Morgan fingerprint density at radius 3 is 2.67 bits per heavy atom. The van der Waals surface area contributed by atoms with Crippen molar-refractivity contribution >= 4 is 40.5 Å². The number of carbonyl (C=O) groups is 1. The molecule has 0 saturated carbocycles. The minimum atomic E-state index is -0.254. The molecule has 1 heterocycles. The van der Waals surface area contributed by atoms with Gasteiger partial charge in [0.25, 0.3) is 5.91 Å². The van der Waals surface area contributed by atoms with Gasteiger partial charge >= 0.3 is 0 Å².